The summed E-state index contributed by atoms with van der Waals surface area (Å²) in [5.74, 6) is -0.0836. The smallest absolute Gasteiger partial charge is 0.410 e. The standard InChI is InChI=1S/C14H17ClFNO3/c1-14(2,3)20-13(18)17-7-12(8-17)19-11-5-9(15)4-10(16)6-11/h4-6,12H,7-8H2,1-3H3. The fraction of sp³-hybridized carbons (Fsp3) is 0.500. The number of nitrogens with zero attached hydrogens (tertiary/aromatic N) is 1. The lowest BCUT2D eigenvalue weighted by atomic mass is 10.1. The minimum Gasteiger partial charge on any atom is -0.487 e. The Balaban J connectivity index is 1.83. The van der Waals surface area contributed by atoms with E-state index in [2.05, 4.69) is 0 Å². The number of ether oxygens (including phenoxy) is 2. The zero-order valence-corrected chi connectivity index (χ0v) is 12.4. The van der Waals surface area contributed by atoms with Gasteiger partial charge in [0, 0.05) is 11.1 Å². The van der Waals surface area contributed by atoms with Gasteiger partial charge in [0.05, 0.1) is 13.1 Å². The van der Waals surface area contributed by atoms with Crippen molar-refractivity contribution in [3.63, 3.8) is 0 Å². The third kappa shape index (κ3) is 4.00. The van der Waals surface area contributed by atoms with Crippen molar-refractivity contribution in [1.29, 1.82) is 0 Å². The molecule has 1 amide bonds. The summed E-state index contributed by atoms with van der Waals surface area (Å²) in [5.41, 5.74) is -0.515. The first-order chi connectivity index (χ1) is 9.23. The normalized spacial score (nSPS) is 15.8. The molecule has 1 aliphatic heterocycles. The molecule has 6 heteroatoms. The topological polar surface area (TPSA) is 38.8 Å². The second-order valence-corrected chi connectivity index (χ2v) is 6.17. The van der Waals surface area contributed by atoms with Gasteiger partial charge in [-0.3, -0.25) is 0 Å². The Morgan fingerprint density at radius 1 is 1.35 bits per heavy atom. The lowest BCUT2D eigenvalue weighted by molar-refractivity contribution is -0.0222. The minimum atomic E-state index is -0.515. The number of likely N-dealkylation sites (tertiary alicyclic amines) is 1. The lowest BCUT2D eigenvalue weighted by Gasteiger charge is -2.39. The van der Waals surface area contributed by atoms with E-state index in [0.29, 0.717) is 18.8 Å². The second-order valence-electron chi connectivity index (χ2n) is 5.73. The highest BCUT2D eigenvalue weighted by atomic mass is 35.5. The van der Waals surface area contributed by atoms with Crippen LogP contribution in [-0.4, -0.2) is 35.8 Å². The van der Waals surface area contributed by atoms with E-state index in [1.165, 1.54) is 17.0 Å². The molecule has 20 heavy (non-hydrogen) atoms. The van der Waals surface area contributed by atoms with Gasteiger partial charge in [0.15, 0.2) is 0 Å². The molecule has 0 saturated carbocycles. The van der Waals surface area contributed by atoms with Crippen LogP contribution >= 0.6 is 11.6 Å². The molecule has 4 nitrogen and oxygen atoms in total. The molecular formula is C14H17ClFNO3. The Bertz CT molecular complexity index is 489. The molecule has 0 bridgehead atoms. The van der Waals surface area contributed by atoms with Gasteiger partial charge in [-0.2, -0.15) is 0 Å². The van der Waals surface area contributed by atoms with E-state index < -0.39 is 11.4 Å². The van der Waals surface area contributed by atoms with E-state index in [1.807, 2.05) is 20.8 Å². The van der Waals surface area contributed by atoms with Crippen molar-refractivity contribution >= 4 is 17.7 Å². The van der Waals surface area contributed by atoms with Gasteiger partial charge >= 0.3 is 6.09 Å². The zero-order valence-electron chi connectivity index (χ0n) is 11.7. The summed E-state index contributed by atoms with van der Waals surface area (Å²) in [6.45, 7) is 6.28. The van der Waals surface area contributed by atoms with Gasteiger partial charge < -0.3 is 14.4 Å². The van der Waals surface area contributed by atoms with Crippen LogP contribution in [0.2, 0.25) is 5.02 Å². The molecule has 0 spiro atoms. The highest BCUT2D eigenvalue weighted by molar-refractivity contribution is 6.30. The minimum absolute atomic E-state index is 0.166. The molecule has 0 aromatic heterocycles. The third-order valence-corrected chi connectivity index (χ3v) is 2.86. The molecule has 0 aliphatic carbocycles. The molecule has 1 heterocycles. The molecule has 1 aliphatic rings. The average molecular weight is 302 g/mol. The second kappa shape index (κ2) is 5.48. The van der Waals surface area contributed by atoms with Crippen LogP contribution in [0.1, 0.15) is 20.8 Å². The fourth-order valence-corrected chi connectivity index (χ4v) is 1.99. The molecule has 110 valence electrons. The average Bonchev–Trinajstić information content (AvgIpc) is 2.18. The van der Waals surface area contributed by atoms with Gasteiger partial charge in [0.1, 0.15) is 23.3 Å². The van der Waals surface area contributed by atoms with Crippen molar-refractivity contribution in [3.05, 3.63) is 29.0 Å². The number of halogens is 2. The van der Waals surface area contributed by atoms with E-state index in [-0.39, 0.29) is 17.2 Å². The summed E-state index contributed by atoms with van der Waals surface area (Å²) in [7, 11) is 0. The molecule has 1 aromatic rings. The zero-order chi connectivity index (χ0) is 14.9. The van der Waals surface area contributed by atoms with Crippen molar-refractivity contribution < 1.29 is 18.7 Å². The SMILES string of the molecule is CC(C)(C)OC(=O)N1CC(Oc2cc(F)cc(Cl)c2)C1. The summed E-state index contributed by atoms with van der Waals surface area (Å²) >= 11 is 5.74. The number of amides is 1. The van der Waals surface area contributed by atoms with Crippen LogP contribution in [0.5, 0.6) is 5.75 Å². The van der Waals surface area contributed by atoms with Crippen LogP contribution in [0, 0.1) is 5.82 Å². The van der Waals surface area contributed by atoms with E-state index in [0.717, 1.165) is 0 Å². The Labute approximate surface area is 122 Å². The van der Waals surface area contributed by atoms with Gasteiger partial charge in [0.2, 0.25) is 0 Å². The van der Waals surface area contributed by atoms with Gasteiger partial charge in [-0.25, -0.2) is 9.18 Å². The van der Waals surface area contributed by atoms with Crippen LogP contribution in [0.3, 0.4) is 0 Å². The van der Waals surface area contributed by atoms with Crippen LogP contribution in [0.4, 0.5) is 9.18 Å². The van der Waals surface area contributed by atoms with Crippen LogP contribution in [-0.2, 0) is 4.74 Å². The van der Waals surface area contributed by atoms with Gasteiger partial charge in [0.25, 0.3) is 0 Å². The number of hydrogen-bond acceptors (Lipinski definition) is 3. The third-order valence-electron chi connectivity index (χ3n) is 2.64. The Morgan fingerprint density at radius 2 is 2.00 bits per heavy atom. The highest BCUT2D eigenvalue weighted by Gasteiger charge is 2.35. The van der Waals surface area contributed by atoms with Crippen LogP contribution in [0.15, 0.2) is 18.2 Å². The molecule has 0 unspecified atom stereocenters. The van der Waals surface area contributed by atoms with Crippen molar-refractivity contribution in [3.8, 4) is 5.75 Å². The maximum Gasteiger partial charge on any atom is 0.410 e. The molecule has 2 rings (SSSR count). The molecular weight excluding hydrogens is 285 g/mol. The largest absolute Gasteiger partial charge is 0.487 e. The molecule has 0 atom stereocenters. The van der Waals surface area contributed by atoms with Crippen LogP contribution < -0.4 is 4.74 Å². The maximum atomic E-state index is 13.1. The summed E-state index contributed by atoms with van der Waals surface area (Å²) in [5, 5.41) is 0.281. The maximum absolute atomic E-state index is 13.1. The van der Waals surface area contributed by atoms with Crippen molar-refractivity contribution in [2.75, 3.05) is 13.1 Å². The summed E-state index contributed by atoms with van der Waals surface area (Å²) in [6, 6.07) is 4.02. The first-order valence-corrected chi connectivity index (χ1v) is 6.71. The predicted octanol–water partition coefficient (Wildman–Crippen LogP) is 3.48. The molecule has 0 N–H and O–H groups in total. The quantitative estimate of drug-likeness (QED) is 0.839. The monoisotopic (exact) mass is 301 g/mol. The molecule has 0 radical (unpaired) electrons. The summed E-state index contributed by atoms with van der Waals surface area (Å²) < 4.78 is 23.9. The fourth-order valence-electron chi connectivity index (χ4n) is 1.78. The van der Waals surface area contributed by atoms with Crippen molar-refractivity contribution in [1.82, 2.24) is 4.90 Å². The van der Waals surface area contributed by atoms with E-state index in [1.54, 1.807) is 6.07 Å². The molecule has 1 fully saturated rings. The number of carbonyl (C=O) groups excluding carboxylic acids is 1. The van der Waals surface area contributed by atoms with Crippen molar-refractivity contribution in [2.45, 2.75) is 32.5 Å². The number of carbonyl (C=O) groups is 1. The van der Waals surface area contributed by atoms with E-state index in [4.69, 9.17) is 21.1 Å². The predicted molar refractivity (Wildman–Crippen MR) is 73.6 cm³/mol. The van der Waals surface area contributed by atoms with E-state index >= 15 is 0 Å². The van der Waals surface area contributed by atoms with Gasteiger partial charge in [-0.15, -0.1) is 0 Å². The van der Waals surface area contributed by atoms with Gasteiger partial charge in [-0.05, 0) is 32.9 Å². The Hall–Kier alpha value is -1.49. The first-order valence-electron chi connectivity index (χ1n) is 6.33. The summed E-state index contributed by atoms with van der Waals surface area (Å²) in [6.07, 6.45) is -0.532. The highest BCUT2D eigenvalue weighted by Crippen LogP contribution is 2.24. The first kappa shape index (κ1) is 14.9. The number of benzene rings is 1. The Kier molecular flexibility index (Phi) is 4.09. The molecule has 1 aromatic carbocycles. The lowest BCUT2D eigenvalue weighted by Crippen LogP contribution is -2.57. The van der Waals surface area contributed by atoms with E-state index in [9.17, 15) is 9.18 Å². The molecule has 1 saturated heterocycles. The van der Waals surface area contributed by atoms with Crippen molar-refractivity contribution in [2.24, 2.45) is 0 Å². The summed E-state index contributed by atoms with van der Waals surface area (Å²) in [4.78, 5) is 13.3. The van der Waals surface area contributed by atoms with Crippen LogP contribution in [0.25, 0.3) is 0 Å². The number of rotatable bonds is 2. The Morgan fingerprint density at radius 3 is 2.55 bits per heavy atom. The number of hydrogen-bond donors (Lipinski definition) is 0. The van der Waals surface area contributed by atoms with Gasteiger partial charge in [-0.1, -0.05) is 11.6 Å².